The van der Waals surface area contributed by atoms with Crippen molar-refractivity contribution in [1.82, 2.24) is 19.5 Å². The number of nitrogens with two attached hydrogens (primary N) is 1. The van der Waals surface area contributed by atoms with Crippen LogP contribution in [0.15, 0.2) is 12.7 Å². The van der Waals surface area contributed by atoms with E-state index in [9.17, 15) is 22.6 Å². The number of rotatable bonds is 25. The lowest BCUT2D eigenvalue weighted by atomic mass is 10.1. The quantitative estimate of drug-likeness (QED) is 0.0615. The first-order chi connectivity index (χ1) is 20.8. The molecule has 10 nitrogen and oxygen atoms in total. The van der Waals surface area contributed by atoms with Gasteiger partial charge in [0.1, 0.15) is 18.2 Å². The number of alkyl halides is 3. The number of imidazole rings is 1. The number of hydrogen-bond donors (Lipinski definition) is 2. The molecule has 44 heavy (non-hydrogen) atoms. The second-order valence-electron chi connectivity index (χ2n) is 12.4. The van der Waals surface area contributed by atoms with Crippen molar-refractivity contribution in [3.05, 3.63) is 12.7 Å². The summed E-state index contributed by atoms with van der Waals surface area (Å²) in [4.78, 5) is 22.3. The zero-order valence-electron chi connectivity index (χ0n) is 26.7. The molecule has 15 heteroatoms. The van der Waals surface area contributed by atoms with Crippen LogP contribution in [0, 0.1) is 0 Å². The van der Waals surface area contributed by atoms with E-state index in [1.165, 1.54) is 44.9 Å². The van der Waals surface area contributed by atoms with Gasteiger partial charge in [-0.2, -0.15) is 13.2 Å². The normalized spacial score (nSPS) is 14.7. The number of hydrogen-bond acceptors (Lipinski definition) is 8. The Bertz CT molecular complexity index is 1120. The van der Waals surface area contributed by atoms with Crippen molar-refractivity contribution in [1.29, 1.82) is 0 Å². The van der Waals surface area contributed by atoms with Gasteiger partial charge >= 0.3 is 13.8 Å². The van der Waals surface area contributed by atoms with E-state index in [2.05, 4.69) is 28.0 Å². The minimum absolute atomic E-state index is 0.0195. The van der Waals surface area contributed by atoms with Crippen LogP contribution >= 0.6 is 7.60 Å². The summed E-state index contributed by atoms with van der Waals surface area (Å²) in [5, 5.41) is 0. The molecule has 2 rings (SSSR count). The molecule has 0 aliphatic rings. The van der Waals surface area contributed by atoms with Gasteiger partial charge in [-0.3, -0.25) is 4.57 Å². The first kappa shape index (κ1) is 38.6. The third kappa shape index (κ3) is 17.2. The molecule has 0 saturated heterocycles. The summed E-state index contributed by atoms with van der Waals surface area (Å²) in [6.45, 7) is 7.17. The molecule has 2 aromatic heterocycles. The summed E-state index contributed by atoms with van der Waals surface area (Å²) < 4.78 is 67.6. The van der Waals surface area contributed by atoms with Gasteiger partial charge in [-0.1, -0.05) is 83.3 Å². The van der Waals surface area contributed by atoms with Crippen LogP contribution in [-0.4, -0.2) is 70.9 Å². The number of nitrogens with zero attached hydrogens (tertiary/aromatic N) is 4. The van der Waals surface area contributed by atoms with Gasteiger partial charge in [0.25, 0.3) is 0 Å². The van der Waals surface area contributed by atoms with Gasteiger partial charge in [0.15, 0.2) is 11.5 Å². The molecule has 2 aromatic rings. The molecule has 254 valence electrons. The van der Waals surface area contributed by atoms with Crippen molar-refractivity contribution in [3.8, 4) is 0 Å². The highest BCUT2D eigenvalue weighted by molar-refractivity contribution is 7.52. The molecule has 0 aromatic carbocycles. The molecule has 3 N–H and O–H groups in total. The minimum Gasteiger partial charge on any atom is -0.382 e. The molecule has 1 unspecified atom stereocenters. The summed E-state index contributed by atoms with van der Waals surface area (Å²) in [5.41, 5.74) is 6.87. The molecular weight excluding hydrogens is 614 g/mol. The van der Waals surface area contributed by atoms with Gasteiger partial charge in [-0.05, 0) is 19.4 Å². The van der Waals surface area contributed by atoms with Crippen LogP contribution in [-0.2, 0) is 25.1 Å². The third-order valence-corrected chi connectivity index (χ3v) is 12.0. The fourth-order valence-electron chi connectivity index (χ4n) is 4.97. The number of anilines is 1. The largest absolute Gasteiger partial charge is 0.388 e. The van der Waals surface area contributed by atoms with Gasteiger partial charge in [0, 0.05) is 21.1 Å². The lowest BCUT2D eigenvalue weighted by Gasteiger charge is -2.23. The van der Waals surface area contributed by atoms with E-state index in [0.717, 1.165) is 38.1 Å². The fraction of sp³-hybridized carbons (Fsp3) is 0.828. The molecule has 0 aliphatic carbocycles. The topological polar surface area (TPSA) is 135 Å². The van der Waals surface area contributed by atoms with Gasteiger partial charge in [0.2, 0.25) is 0 Å². The van der Waals surface area contributed by atoms with E-state index in [4.69, 9.17) is 19.7 Å². The van der Waals surface area contributed by atoms with Gasteiger partial charge in [-0.25, -0.2) is 15.0 Å². The van der Waals surface area contributed by atoms with Crippen LogP contribution in [0.25, 0.3) is 11.2 Å². The zero-order valence-corrected chi connectivity index (χ0v) is 28.6. The average molecular weight is 668 g/mol. The minimum atomic E-state index is -4.02. The third-order valence-electron chi connectivity index (χ3n) is 7.65. The Morgan fingerprint density at radius 3 is 2.18 bits per heavy atom. The second-order valence-corrected chi connectivity index (χ2v) is 19.6. The SMILES string of the molecule is C[C@H](Cn1cnc2c(N)ncnc21)OCP(=O)(O)OCCOCCCCCCCCCCCCC[Si](C)(C)CCC(F)(F)F. The molecular formula is C29H53F3N5O5PSi. The highest BCUT2D eigenvalue weighted by atomic mass is 31.2. The van der Waals surface area contributed by atoms with Crippen molar-refractivity contribution in [2.24, 2.45) is 0 Å². The first-order valence-electron chi connectivity index (χ1n) is 15.9. The monoisotopic (exact) mass is 667 g/mol. The van der Waals surface area contributed by atoms with Crippen LogP contribution < -0.4 is 5.73 Å². The summed E-state index contributed by atoms with van der Waals surface area (Å²) in [5.74, 6) is 0.289. The number of ether oxygens (including phenoxy) is 2. The van der Waals surface area contributed by atoms with E-state index >= 15 is 0 Å². The van der Waals surface area contributed by atoms with Crippen LogP contribution in [0.4, 0.5) is 19.0 Å². The molecule has 0 bridgehead atoms. The fourth-order valence-corrected chi connectivity index (χ4v) is 8.26. The summed E-state index contributed by atoms with van der Waals surface area (Å²) in [6.07, 6.45) is 10.1. The predicted molar refractivity (Wildman–Crippen MR) is 170 cm³/mol. The summed E-state index contributed by atoms with van der Waals surface area (Å²) in [6, 6.07) is 1.35. The Labute approximate surface area is 261 Å². The van der Waals surface area contributed by atoms with E-state index in [1.807, 2.05) is 0 Å². The maximum absolute atomic E-state index is 12.4. The van der Waals surface area contributed by atoms with Gasteiger partial charge in [-0.15, -0.1) is 0 Å². The molecule has 0 fully saturated rings. The molecule has 2 heterocycles. The maximum Gasteiger partial charge on any atom is 0.388 e. The first-order valence-corrected chi connectivity index (χ1v) is 21.1. The van der Waals surface area contributed by atoms with E-state index in [-0.39, 0.29) is 25.1 Å². The smallest absolute Gasteiger partial charge is 0.382 e. The number of halogens is 3. The molecule has 0 radical (unpaired) electrons. The Morgan fingerprint density at radius 2 is 1.55 bits per heavy atom. The number of aromatic nitrogens is 4. The number of nitrogen functional groups attached to an aromatic ring is 1. The van der Waals surface area contributed by atoms with Crippen LogP contribution in [0.1, 0.15) is 84.0 Å². The highest BCUT2D eigenvalue weighted by Gasteiger charge is 2.31. The number of unbranched alkanes of at least 4 members (excludes halogenated alkanes) is 10. The standard InChI is InChI=1S/C29H53F3N5O5PSi/c1-25(21-37-23-36-26-27(33)34-22-35-28(26)37)41-24-43(38,39)42-18-17-40-16-13-11-9-7-5-4-6-8-10-12-14-19-44(2,3)20-15-29(30,31)32/h22-23,25H,4-21,24H2,1-3H3,(H,38,39)(H2,33,34,35)/t25-/m1/s1. The van der Waals surface area contributed by atoms with Crippen molar-refractivity contribution >= 4 is 32.7 Å². The average Bonchev–Trinajstić information content (AvgIpc) is 3.36. The van der Waals surface area contributed by atoms with Gasteiger partial charge in [0.05, 0.1) is 32.2 Å². The van der Waals surface area contributed by atoms with Crippen LogP contribution in [0.3, 0.4) is 0 Å². The number of fused-ring (bicyclic) bond motifs is 1. The van der Waals surface area contributed by atoms with Crippen molar-refractivity contribution in [3.63, 3.8) is 0 Å². The Hall–Kier alpha value is -1.57. The maximum atomic E-state index is 12.4. The molecule has 0 amide bonds. The summed E-state index contributed by atoms with van der Waals surface area (Å²) >= 11 is 0. The van der Waals surface area contributed by atoms with Crippen molar-refractivity contribution in [2.45, 2.75) is 128 Å². The lowest BCUT2D eigenvalue weighted by molar-refractivity contribution is -0.130. The Kier molecular flexibility index (Phi) is 17.4. The van der Waals surface area contributed by atoms with Crippen molar-refractivity contribution < 1.29 is 36.6 Å². The molecule has 0 saturated carbocycles. The molecule has 0 aliphatic heterocycles. The van der Waals surface area contributed by atoms with E-state index < -0.39 is 34.6 Å². The Morgan fingerprint density at radius 1 is 0.932 bits per heavy atom. The summed E-state index contributed by atoms with van der Waals surface area (Å²) in [7, 11) is -5.62. The van der Waals surface area contributed by atoms with Crippen LogP contribution in [0.2, 0.25) is 25.2 Å². The zero-order chi connectivity index (χ0) is 32.5. The molecule has 0 spiro atoms. The molecule has 2 atom stereocenters. The van der Waals surface area contributed by atoms with E-state index in [1.54, 1.807) is 17.8 Å². The van der Waals surface area contributed by atoms with Gasteiger partial charge < -0.3 is 29.2 Å². The second kappa shape index (κ2) is 19.8. The van der Waals surface area contributed by atoms with E-state index in [0.29, 0.717) is 30.4 Å². The Balaban J connectivity index is 1.37. The highest BCUT2D eigenvalue weighted by Crippen LogP contribution is 2.41. The predicted octanol–water partition coefficient (Wildman–Crippen LogP) is 7.94. The van der Waals surface area contributed by atoms with Crippen LogP contribution in [0.5, 0.6) is 0 Å². The van der Waals surface area contributed by atoms with Crippen molar-refractivity contribution in [2.75, 3.05) is 31.9 Å². The lowest BCUT2D eigenvalue weighted by Crippen LogP contribution is -2.27.